The summed E-state index contributed by atoms with van der Waals surface area (Å²) in [5, 5.41) is 11.1. The molecule has 1 amide bonds. The molecule has 2 heterocycles. The molecule has 0 spiro atoms. The van der Waals surface area contributed by atoms with Crippen molar-refractivity contribution in [3.05, 3.63) is 40.1 Å². The third-order valence-electron chi connectivity index (χ3n) is 3.70. The van der Waals surface area contributed by atoms with Crippen molar-refractivity contribution in [1.29, 1.82) is 0 Å². The molecule has 110 valence electrons. The van der Waals surface area contributed by atoms with E-state index in [0.717, 1.165) is 30.5 Å². The van der Waals surface area contributed by atoms with E-state index in [0.29, 0.717) is 5.69 Å². The summed E-state index contributed by atoms with van der Waals surface area (Å²) in [5.74, 6) is -0.282. The Bertz CT molecular complexity index is 746. The van der Waals surface area contributed by atoms with Crippen molar-refractivity contribution < 1.29 is 4.79 Å². The van der Waals surface area contributed by atoms with Crippen molar-refractivity contribution in [2.45, 2.75) is 32.2 Å². The number of amides is 1. The average Bonchev–Trinajstić information content (AvgIpc) is 3.05. The minimum atomic E-state index is -0.663. The zero-order valence-corrected chi connectivity index (χ0v) is 12.0. The second kappa shape index (κ2) is 5.16. The number of nitrogens with one attached hydrogen (secondary N) is 1. The molecule has 0 fully saturated rings. The molecule has 0 saturated carbocycles. The molecule has 2 aromatic rings. The maximum absolute atomic E-state index is 12.2. The highest BCUT2D eigenvalue weighted by atomic mass is 16.2. The van der Waals surface area contributed by atoms with Crippen LogP contribution in [0.3, 0.4) is 0 Å². The maximum Gasteiger partial charge on any atom is 0.267 e. The van der Waals surface area contributed by atoms with Gasteiger partial charge in [-0.2, -0.15) is 10.2 Å². The molecule has 7 nitrogen and oxygen atoms in total. The second-order valence-electron chi connectivity index (χ2n) is 5.32. The number of aryl methyl sites for hydroxylation is 3. The monoisotopic (exact) mass is 287 g/mol. The van der Waals surface area contributed by atoms with Gasteiger partial charge in [0.1, 0.15) is 6.04 Å². The number of rotatable bonds is 3. The fraction of sp³-hybridized carbons (Fsp3) is 0.429. The smallest absolute Gasteiger partial charge is 0.267 e. The van der Waals surface area contributed by atoms with Gasteiger partial charge in [-0.25, -0.2) is 4.68 Å². The van der Waals surface area contributed by atoms with Gasteiger partial charge in [-0.15, -0.1) is 0 Å². The number of hydrogen-bond acceptors (Lipinski definition) is 4. The Balaban J connectivity index is 1.83. The molecule has 1 N–H and O–H groups in total. The van der Waals surface area contributed by atoms with Gasteiger partial charge in [0.15, 0.2) is 0 Å². The van der Waals surface area contributed by atoms with Gasteiger partial charge in [0.05, 0.1) is 17.6 Å². The molecular weight excluding hydrogens is 270 g/mol. The summed E-state index contributed by atoms with van der Waals surface area (Å²) in [6.45, 7) is 1.67. The quantitative estimate of drug-likeness (QED) is 0.899. The summed E-state index contributed by atoms with van der Waals surface area (Å²) >= 11 is 0. The van der Waals surface area contributed by atoms with Crippen LogP contribution in [0.5, 0.6) is 0 Å². The first-order chi connectivity index (χ1) is 10.0. The summed E-state index contributed by atoms with van der Waals surface area (Å²) in [7, 11) is 1.77. The van der Waals surface area contributed by atoms with Crippen LogP contribution in [0.2, 0.25) is 0 Å². The minimum Gasteiger partial charge on any atom is -0.322 e. The molecule has 1 aliphatic carbocycles. The molecule has 1 unspecified atom stereocenters. The third-order valence-corrected chi connectivity index (χ3v) is 3.70. The zero-order chi connectivity index (χ0) is 15.0. The minimum absolute atomic E-state index is 0.232. The van der Waals surface area contributed by atoms with Gasteiger partial charge in [-0.1, -0.05) is 0 Å². The summed E-state index contributed by atoms with van der Waals surface area (Å²) < 4.78 is 2.86. The summed E-state index contributed by atoms with van der Waals surface area (Å²) in [4.78, 5) is 24.3. The van der Waals surface area contributed by atoms with Gasteiger partial charge in [0.2, 0.25) is 5.91 Å². The highest BCUT2D eigenvalue weighted by Crippen LogP contribution is 2.18. The van der Waals surface area contributed by atoms with Gasteiger partial charge < -0.3 is 5.32 Å². The summed E-state index contributed by atoms with van der Waals surface area (Å²) in [6.07, 6.45) is 6.04. The lowest BCUT2D eigenvalue weighted by Crippen LogP contribution is -2.33. The Morgan fingerprint density at radius 2 is 2.24 bits per heavy atom. The van der Waals surface area contributed by atoms with Crippen LogP contribution in [-0.4, -0.2) is 25.5 Å². The van der Waals surface area contributed by atoms with Crippen LogP contribution in [-0.2, 0) is 24.7 Å². The van der Waals surface area contributed by atoms with E-state index in [4.69, 9.17) is 0 Å². The number of hydrogen-bond donors (Lipinski definition) is 1. The lowest BCUT2D eigenvalue weighted by atomic mass is 10.2. The van der Waals surface area contributed by atoms with Gasteiger partial charge in [-0.3, -0.25) is 14.3 Å². The fourth-order valence-electron chi connectivity index (χ4n) is 2.54. The molecule has 0 saturated heterocycles. The SMILES string of the molecule is CC(C(=O)Nc1cnn(C)c1)n1nc2c(cc1=O)CCC2. The van der Waals surface area contributed by atoms with Gasteiger partial charge in [0.25, 0.3) is 5.56 Å². The first-order valence-corrected chi connectivity index (χ1v) is 6.96. The molecule has 3 rings (SSSR count). The van der Waals surface area contributed by atoms with Crippen LogP contribution < -0.4 is 10.9 Å². The van der Waals surface area contributed by atoms with Crippen molar-refractivity contribution in [1.82, 2.24) is 19.6 Å². The summed E-state index contributed by atoms with van der Waals surface area (Å²) in [5.41, 5.74) is 2.31. The number of nitrogens with zero attached hydrogens (tertiary/aromatic N) is 4. The third kappa shape index (κ3) is 2.58. The summed E-state index contributed by atoms with van der Waals surface area (Å²) in [6, 6.07) is 0.937. The number of fused-ring (bicyclic) bond motifs is 1. The Morgan fingerprint density at radius 1 is 1.43 bits per heavy atom. The molecule has 21 heavy (non-hydrogen) atoms. The molecule has 0 radical (unpaired) electrons. The van der Waals surface area contributed by atoms with Crippen LogP contribution in [0, 0.1) is 0 Å². The second-order valence-corrected chi connectivity index (χ2v) is 5.32. The van der Waals surface area contributed by atoms with Crippen molar-refractivity contribution in [3.8, 4) is 0 Å². The van der Waals surface area contributed by atoms with Crippen LogP contribution in [0.15, 0.2) is 23.3 Å². The number of carbonyl (C=O) groups excluding carboxylic acids is 1. The van der Waals surface area contributed by atoms with E-state index < -0.39 is 6.04 Å². The number of aromatic nitrogens is 4. The van der Waals surface area contributed by atoms with E-state index >= 15 is 0 Å². The molecule has 1 atom stereocenters. The van der Waals surface area contributed by atoms with Crippen molar-refractivity contribution in [3.63, 3.8) is 0 Å². The molecule has 0 aromatic carbocycles. The Labute approximate surface area is 121 Å². The van der Waals surface area contributed by atoms with E-state index in [-0.39, 0.29) is 11.5 Å². The Morgan fingerprint density at radius 3 is 2.95 bits per heavy atom. The predicted octanol–water partition coefficient (Wildman–Crippen LogP) is 0.665. The van der Waals surface area contributed by atoms with Crippen molar-refractivity contribution in [2.24, 2.45) is 7.05 Å². The Kier molecular flexibility index (Phi) is 3.32. The molecule has 7 heteroatoms. The number of anilines is 1. The van der Waals surface area contributed by atoms with E-state index in [1.165, 1.54) is 4.68 Å². The topological polar surface area (TPSA) is 81.8 Å². The lowest BCUT2D eigenvalue weighted by molar-refractivity contribution is -0.119. The lowest BCUT2D eigenvalue weighted by Gasteiger charge is -2.14. The highest BCUT2D eigenvalue weighted by molar-refractivity contribution is 5.93. The van der Waals surface area contributed by atoms with Crippen molar-refractivity contribution >= 4 is 11.6 Å². The van der Waals surface area contributed by atoms with Crippen LogP contribution in [0.25, 0.3) is 0 Å². The average molecular weight is 287 g/mol. The van der Waals surface area contributed by atoms with E-state index in [9.17, 15) is 9.59 Å². The Hall–Kier alpha value is -2.44. The first-order valence-electron chi connectivity index (χ1n) is 6.96. The van der Waals surface area contributed by atoms with Crippen molar-refractivity contribution in [2.75, 3.05) is 5.32 Å². The standard InChI is InChI=1S/C14H17N5O2/c1-9(14(21)16-11-7-15-18(2)8-11)19-13(20)6-10-4-3-5-12(10)17-19/h6-9H,3-5H2,1-2H3,(H,16,21). The highest BCUT2D eigenvalue weighted by Gasteiger charge is 2.21. The normalized spacial score (nSPS) is 14.8. The maximum atomic E-state index is 12.2. The predicted molar refractivity (Wildman–Crippen MR) is 77.1 cm³/mol. The van der Waals surface area contributed by atoms with Crippen LogP contribution >= 0.6 is 0 Å². The van der Waals surface area contributed by atoms with E-state index in [1.54, 1.807) is 37.1 Å². The molecule has 0 bridgehead atoms. The largest absolute Gasteiger partial charge is 0.322 e. The van der Waals surface area contributed by atoms with Gasteiger partial charge in [0, 0.05) is 19.3 Å². The van der Waals surface area contributed by atoms with E-state index in [2.05, 4.69) is 15.5 Å². The first kappa shape index (κ1) is 13.5. The fourth-order valence-corrected chi connectivity index (χ4v) is 2.54. The molecule has 2 aromatic heterocycles. The van der Waals surface area contributed by atoms with E-state index in [1.807, 2.05) is 0 Å². The van der Waals surface area contributed by atoms with Crippen LogP contribution in [0.4, 0.5) is 5.69 Å². The molecular formula is C14H17N5O2. The van der Waals surface area contributed by atoms with Gasteiger partial charge >= 0.3 is 0 Å². The molecule has 1 aliphatic rings. The zero-order valence-electron chi connectivity index (χ0n) is 12.0. The van der Waals surface area contributed by atoms with Gasteiger partial charge in [-0.05, 0) is 31.7 Å². The number of carbonyl (C=O) groups is 1. The molecule has 0 aliphatic heterocycles. The van der Waals surface area contributed by atoms with Crippen LogP contribution in [0.1, 0.15) is 30.6 Å².